The molecule has 0 radical (unpaired) electrons. The van der Waals surface area contributed by atoms with Crippen LogP contribution in [0.1, 0.15) is 5.56 Å². The molecule has 2 rings (SSSR count). The van der Waals surface area contributed by atoms with Crippen LogP contribution in [0.5, 0.6) is 0 Å². The monoisotopic (exact) mass is 312 g/mol. The standard InChI is InChI=1S/C11H9ClN4O3S/c12-7-1-2-8(16(18)19)6(3-7)5-20-11-14-9(13)4-10(17)15-11/h1-4H,5H2,(H3,13,14,15,17). The van der Waals surface area contributed by atoms with Gasteiger partial charge in [0.25, 0.3) is 11.2 Å². The number of nitrogen functional groups attached to an aromatic ring is 1. The fourth-order valence-electron chi connectivity index (χ4n) is 1.52. The second-order valence-electron chi connectivity index (χ2n) is 3.79. The van der Waals surface area contributed by atoms with E-state index in [-0.39, 0.29) is 22.8 Å². The Morgan fingerprint density at radius 1 is 1.45 bits per heavy atom. The molecule has 0 saturated heterocycles. The Morgan fingerprint density at radius 3 is 2.85 bits per heavy atom. The van der Waals surface area contributed by atoms with Gasteiger partial charge in [0.1, 0.15) is 5.82 Å². The first-order valence-corrected chi connectivity index (χ1v) is 6.74. The second kappa shape index (κ2) is 5.93. The van der Waals surface area contributed by atoms with Crippen LogP contribution in [0.4, 0.5) is 11.5 Å². The fraction of sp³-hybridized carbons (Fsp3) is 0.0909. The zero-order valence-electron chi connectivity index (χ0n) is 10.00. The minimum atomic E-state index is -0.484. The first-order chi connectivity index (χ1) is 9.45. The van der Waals surface area contributed by atoms with E-state index in [4.69, 9.17) is 17.3 Å². The van der Waals surface area contributed by atoms with Gasteiger partial charge in [-0.25, -0.2) is 4.98 Å². The summed E-state index contributed by atoms with van der Waals surface area (Å²) in [6, 6.07) is 5.46. The minimum Gasteiger partial charge on any atom is -0.383 e. The van der Waals surface area contributed by atoms with E-state index in [0.29, 0.717) is 15.7 Å². The predicted molar refractivity (Wildman–Crippen MR) is 76.9 cm³/mol. The van der Waals surface area contributed by atoms with Gasteiger partial charge in [-0.15, -0.1) is 0 Å². The normalized spacial score (nSPS) is 10.4. The number of hydrogen-bond acceptors (Lipinski definition) is 6. The predicted octanol–water partition coefficient (Wildman–Crippen LogP) is 2.21. The molecule has 0 unspecified atom stereocenters. The molecule has 1 aromatic heterocycles. The molecule has 0 amide bonds. The van der Waals surface area contributed by atoms with Gasteiger partial charge in [0.2, 0.25) is 0 Å². The maximum Gasteiger partial charge on any atom is 0.273 e. The van der Waals surface area contributed by atoms with E-state index in [0.717, 1.165) is 17.8 Å². The molecule has 0 spiro atoms. The molecule has 0 aliphatic carbocycles. The number of halogens is 1. The highest BCUT2D eigenvalue weighted by Gasteiger charge is 2.14. The Morgan fingerprint density at radius 2 is 2.20 bits per heavy atom. The highest BCUT2D eigenvalue weighted by atomic mass is 35.5. The van der Waals surface area contributed by atoms with Crippen molar-refractivity contribution in [2.75, 3.05) is 5.73 Å². The average molecular weight is 313 g/mol. The number of nitro benzene ring substituents is 1. The van der Waals surface area contributed by atoms with Gasteiger partial charge in [0.05, 0.1) is 4.92 Å². The molecule has 0 fully saturated rings. The van der Waals surface area contributed by atoms with E-state index in [9.17, 15) is 14.9 Å². The number of aromatic amines is 1. The van der Waals surface area contributed by atoms with Gasteiger partial charge in [-0.3, -0.25) is 14.9 Å². The lowest BCUT2D eigenvalue weighted by Crippen LogP contribution is -2.09. The number of nitrogens with zero attached hydrogens (tertiary/aromatic N) is 2. The van der Waals surface area contributed by atoms with Crippen molar-refractivity contribution in [2.45, 2.75) is 10.9 Å². The van der Waals surface area contributed by atoms with Crippen molar-refractivity contribution in [1.82, 2.24) is 9.97 Å². The number of hydrogen-bond donors (Lipinski definition) is 2. The van der Waals surface area contributed by atoms with Crippen molar-refractivity contribution in [3.05, 3.63) is 55.3 Å². The number of nitrogens with two attached hydrogens (primary N) is 1. The molecule has 0 bridgehead atoms. The lowest BCUT2D eigenvalue weighted by molar-refractivity contribution is -0.385. The van der Waals surface area contributed by atoms with Crippen molar-refractivity contribution in [1.29, 1.82) is 0 Å². The Bertz CT molecular complexity index is 719. The molecule has 0 saturated carbocycles. The van der Waals surface area contributed by atoms with Crippen molar-refractivity contribution in [3.8, 4) is 0 Å². The Kier molecular flexibility index (Phi) is 4.26. The average Bonchev–Trinajstić information content (AvgIpc) is 2.35. The molecular weight excluding hydrogens is 304 g/mol. The number of aromatic nitrogens is 2. The van der Waals surface area contributed by atoms with E-state index in [1.54, 1.807) is 0 Å². The van der Waals surface area contributed by atoms with Crippen LogP contribution in [0, 0.1) is 10.1 Å². The van der Waals surface area contributed by atoms with Crippen LogP contribution in [-0.2, 0) is 5.75 Å². The SMILES string of the molecule is Nc1cc(=O)[nH]c(SCc2cc(Cl)ccc2[N+](=O)[O-])n1. The lowest BCUT2D eigenvalue weighted by atomic mass is 10.2. The van der Waals surface area contributed by atoms with Crippen LogP contribution < -0.4 is 11.3 Å². The number of nitro groups is 1. The topological polar surface area (TPSA) is 115 Å². The summed E-state index contributed by atoms with van der Waals surface area (Å²) in [6.07, 6.45) is 0. The molecule has 0 atom stereocenters. The summed E-state index contributed by atoms with van der Waals surface area (Å²) in [6.45, 7) is 0. The summed E-state index contributed by atoms with van der Waals surface area (Å²) in [5, 5.41) is 11.6. The number of nitrogens with one attached hydrogen (secondary N) is 1. The maximum atomic E-state index is 11.2. The Balaban J connectivity index is 2.24. The molecule has 9 heteroatoms. The van der Waals surface area contributed by atoms with Crippen LogP contribution in [0.25, 0.3) is 0 Å². The van der Waals surface area contributed by atoms with E-state index in [1.165, 1.54) is 18.2 Å². The van der Waals surface area contributed by atoms with E-state index in [2.05, 4.69) is 9.97 Å². The van der Waals surface area contributed by atoms with E-state index >= 15 is 0 Å². The third kappa shape index (κ3) is 3.49. The van der Waals surface area contributed by atoms with Crippen LogP contribution in [0.2, 0.25) is 5.02 Å². The number of thioether (sulfide) groups is 1. The first-order valence-electron chi connectivity index (χ1n) is 5.38. The molecule has 3 N–H and O–H groups in total. The van der Waals surface area contributed by atoms with Gasteiger partial charge in [-0.2, -0.15) is 0 Å². The van der Waals surface area contributed by atoms with E-state index in [1.807, 2.05) is 0 Å². The number of H-pyrrole nitrogens is 1. The largest absolute Gasteiger partial charge is 0.383 e. The smallest absolute Gasteiger partial charge is 0.273 e. The Hall–Kier alpha value is -2.06. The quantitative estimate of drug-likeness (QED) is 0.387. The summed E-state index contributed by atoms with van der Waals surface area (Å²) < 4.78 is 0. The lowest BCUT2D eigenvalue weighted by Gasteiger charge is -2.04. The highest BCUT2D eigenvalue weighted by molar-refractivity contribution is 7.98. The molecule has 0 aliphatic heterocycles. The van der Waals surface area contributed by atoms with Gasteiger partial charge in [0, 0.05) is 28.5 Å². The Labute approximate surface area is 122 Å². The van der Waals surface area contributed by atoms with Gasteiger partial charge < -0.3 is 10.7 Å². The molecule has 20 heavy (non-hydrogen) atoms. The second-order valence-corrected chi connectivity index (χ2v) is 5.19. The van der Waals surface area contributed by atoms with Gasteiger partial charge in [-0.1, -0.05) is 23.4 Å². The van der Waals surface area contributed by atoms with Crippen LogP contribution in [-0.4, -0.2) is 14.9 Å². The maximum absolute atomic E-state index is 11.2. The molecule has 1 heterocycles. The van der Waals surface area contributed by atoms with Gasteiger partial charge in [0.15, 0.2) is 5.16 Å². The van der Waals surface area contributed by atoms with Crippen molar-refractivity contribution < 1.29 is 4.92 Å². The molecule has 1 aromatic carbocycles. The molecule has 0 aliphatic rings. The van der Waals surface area contributed by atoms with E-state index < -0.39 is 4.92 Å². The zero-order valence-corrected chi connectivity index (χ0v) is 11.6. The molecule has 104 valence electrons. The van der Waals surface area contributed by atoms with Gasteiger partial charge in [-0.05, 0) is 12.1 Å². The third-order valence-electron chi connectivity index (χ3n) is 2.34. The van der Waals surface area contributed by atoms with Crippen LogP contribution in [0.15, 0.2) is 34.2 Å². The third-order valence-corrected chi connectivity index (χ3v) is 3.50. The molecular formula is C11H9ClN4O3S. The van der Waals surface area contributed by atoms with Crippen molar-refractivity contribution in [2.24, 2.45) is 0 Å². The van der Waals surface area contributed by atoms with Crippen molar-refractivity contribution in [3.63, 3.8) is 0 Å². The fourth-order valence-corrected chi connectivity index (χ4v) is 2.58. The molecule has 2 aromatic rings. The summed E-state index contributed by atoms with van der Waals surface area (Å²) in [5.41, 5.74) is 5.49. The van der Waals surface area contributed by atoms with Crippen LogP contribution in [0.3, 0.4) is 0 Å². The summed E-state index contributed by atoms with van der Waals surface area (Å²) >= 11 is 6.96. The van der Waals surface area contributed by atoms with Gasteiger partial charge >= 0.3 is 0 Å². The molecule has 7 nitrogen and oxygen atoms in total. The summed E-state index contributed by atoms with van der Waals surface area (Å²) in [4.78, 5) is 28.1. The number of rotatable bonds is 4. The number of anilines is 1. The minimum absolute atomic E-state index is 0.0341. The summed E-state index contributed by atoms with van der Waals surface area (Å²) in [5.74, 6) is 0.334. The highest BCUT2D eigenvalue weighted by Crippen LogP contribution is 2.28. The first kappa shape index (κ1) is 14.4. The van der Waals surface area contributed by atoms with Crippen molar-refractivity contribution >= 4 is 34.9 Å². The zero-order chi connectivity index (χ0) is 14.7. The summed E-state index contributed by atoms with van der Waals surface area (Å²) in [7, 11) is 0. The number of benzene rings is 1. The van der Waals surface area contributed by atoms with Crippen LogP contribution >= 0.6 is 23.4 Å².